The lowest BCUT2D eigenvalue weighted by atomic mass is 10.1. The van der Waals surface area contributed by atoms with Gasteiger partial charge >= 0.3 is 0 Å². The van der Waals surface area contributed by atoms with Crippen molar-refractivity contribution in [2.45, 2.75) is 37.5 Å². The standard InChI is InChI=1S/C30H31N3O5S2/c1-21-9-14-28(15-10-21)40(37,38)33(26-7-5-6-22(2)18-26)20-30(34)31-25-12-16-27(17-13-25)39(35,36)32-29-19-23(3)8-11-24(29)4/h5-19,32H,20H2,1-4H3,(H,31,34). The van der Waals surface area contributed by atoms with Crippen LogP contribution in [0.15, 0.2) is 101 Å². The highest BCUT2D eigenvalue weighted by Gasteiger charge is 2.27. The lowest BCUT2D eigenvalue weighted by Crippen LogP contribution is -2.38. The summed E-state index contributed by atoms with van der Waals surface area (Å²) in [5.74, 6) is -0.582. The summed E-state index contributed by atoms with van der Waals surface area (Å²) in [6.45, 7) is 6.91. The summed E-state index contributed by atoms with van der Waals surface area (Å²) in [4.78, 5) is 13.1. The highest BCUT2D eigenvalue weighted by molar-refractivity contribution is 7.93. The topological polar surface area (TPSA) is 113 Å². The summed E-state index contributed by atoms with van der Waals surface area (Å²) in [7, 11) is -7.91. The van der Waals surface area contributed by atoms with E-state index in [9.17, 15) is 21.6 Å². The SMILES string of the molecule is Cc1ccc(S(=O)(=O)N(CC(=O)Nc2ccc(S(=O)(=O)Nc3cc(C)ccc3C)cc2)c2cccc(C)c2)cc1. The fourth-order valence-corrected chi connectivity index (χ4v) is 6.57. The maximum absolute atomic E-state index is 13.6. The van der Waals surface area contributed by atoms with Crippen LogP contribution in [0.25, 0.3) is 0 Å². The van der Waals surface area contributed by atoms with Gasteiger partial charge in [-0.15, -0.1) is 0 Å². The van der Waals surface area contributed by atoms with Crippen molar-refractivity contribution < 1.29 is 21.6 Å². The number of carbonyl (C=O) groups excluding carboxylic acids is 1. The fourth-order valence-electron chi connectivity index (χ4n) is 4.03. The number of benzene rings is 4. The number of hydrogen-bond donors (Lipinski definition) is 2. The Kier molecular flexibility index (Phi) is 8.32. The first-order valence-electron chi connectivity index (χ1n) is 12.5. The third-order valence-electron chi connectivity index (χ3n) is 6.27. The Morgan fingerprint density at radius 3 is 1.95 bits per heavy atom. The van der Waals surface area contributed by atoms with E-state index in [-0.39, 0.29) is 9.79 Å². The normalized spacial score (nSPS) is 11.6. The highest BCUT2D eigenvalue weighted by atomic mass is 32.2. The minimum absolute atomic E-state index is 0.0229. The maximum atomic E-state index is 13.6. The molecule has 8 nitrogen and oxygen atoms in total. The minimum atomic E-state index is -4.05. The largest absolute Gasteiger partial charge is 0.325 e. The van der Waals surface area contributed by atoms with E-state index in [1.54, 1.807) is 36.4 Å². The van der Waals surface area contributed by atoms with Crippen molar-refractivity contribution in [1.29, 1.82) is 0 Å². The number of nitrogens with one attached hydrogen (secondary N) is 2. The molecule has 4 rings (SSSR count). The molecule has 0 aliphatic rings. The van der Waals surface area contributed by atoms with E-state index >= 15 is 0 Å². The first-order chi connectivity index (χ1) is 18.8. The van der Waals surface area contributed by atoms with E-state index in [0.29, 0.717) is 17.1 Å². The number of rotatable bonds is 9. The second-order valence-electron chi connectivity index (χ2n) is 9.66. The molecule has 0 unspecified atom stereocenters. The van der Waals surface area contributed by atoms with Crippen LogP contribution in [0.3, 0.4) is 0 Å². The van der Waals surface area contributed by atoms with Crippen LogP contribution in [0.4, 0.5) is 17.1 Å². The predicted molar refractivity (Wildman–Crippen MR) is 159 cm³/mol. The van der Waals surface area contributed by atoms with Crippen molar-refractivity contribution >= 4 is 43.0 Å². The predicted octanol–water partition coefficient (Wildman–Crippen LogP) is 5.56. The summed E-state index contributed by atoms with van der Waals surface area (Å²) in [5, 5.41) is 2.67. The molecule has 0 atom stereocenters. The zero-order valence-corrected chi connectivity index (χ0v) is 24.3. The van der Waals surface area contributed by atoms with Gasteiger partial charge in [0.25, 0.3) is 20.0 Å². The van der Waals surface area contributed by atoms with Crippen molar-refractivity contribution in [3.8, 4) is 0 Å². The minimum Gasteiger partial charge on any atom is -0.325 e. The fraction of sp³-hybridized carbons (Fsp3) is 0.167. The van der Waals surface area contributed by atoms with Gasteiger partial charge in [0, 0.05) is 5.69 Å². The van der Waals surface area contributed by atoms with Gasteiger partial charge in [0.2, 0.25) is 5.91 Å². The smallest absolute Gasteiger partial charge is 0.264 e. The summed E-state index contributed by atoms with van der Waals surface area (Å²) in [6.07, 6.45) is 0. The Morgan fingerprint density at radius 2 is 1.30 bits per heavy atom. The van der Waals surface area contributed by atoms with Crippen LogP contribution < -0.4 is 14.3 Å². The van der Waals surface area contributed by atoms with Crippen LogP contribution in [0.5, 0.6) is 0 Å². The number of carbonyl (C=O) groups is 1. The first-order valence-corrected chi connectivity index (χ1v) is 15.4. The van der Waals surface area contributed by atoms with Crippen LogP contribution >= 0.6 is 0 Å². The molecule has 0 spiro atoms. The molecule has 4 aromatic carbocycles. The van der Waals surface area contributed by atoms with Crippen LogP contribution in [0, 0.1) is 27.7 Å². The molecule has 0 bridgehead atoms. The molecule has 0 radical (unpaired) electrons. The molecule has 0 saturated carbocycles. The molecule has 0 aromatic heterocycles. The van der Waals surface area contributed by atoms with Gasteiger partial charge in [0.05, 0.1) is 21.2 Å². The lowest BCUT2D eigenvalue weighted by molar-refractivity contribution is -0.114. The zero-order chi connectivity index (χ0) is 29.1. The molecule has 0 aliphatic carbocycles. The summed E-state index contributed by atoms with van der Waals surface area (Å²) in [5.41, 5.74) is 4.63. The Bertz CT molecular complexity index is 1750. The van der Waals surface area contributed by atoms with Crippen molar-refractivity contribution in [3.05, 3.63) is 113 Å². The number of amides is 1. The zero-order valence-electron chi connectivity index (χ0n) is 22.7. The molecule has 2 N–H and O–H groups in total. The van der Waals surface area contributed by atoms with Gasteiger partial charge in [0.1, 0.15) is 6.54 Å². The van der Waals surface area contributed by atoms with Gasteiger partial charge in [-0.3, -0.25) is 13.8 Å². The van der Waals surface area contributed by atoms with Gasteiger partial charge in [-0.1, -0.05) is 42.0 Å². The summed E-state index contributed by atoms with van der Waals surface area (Å²) >= 11 is 0. The van der Waals surface area contributed by atoms with Gasteiger partial charge < -0.3 is 5.32 Å². The van der Waals surface area contributed by atoms with E-state index in [0.717, 1.165) is 26.6 Å². The van der Waals surface area contributed by atoms with E-state index in [4.69, 9.17) is 0 Å². The molecule has 208 valence electrons. The third kappa shape index (κ3) is 6.70. The van der Waals surface area contributed by atoms with Gasteiger partial charge in [0.15, 0.2) is 0 Å². The number of nitrogens with zero attached hydrogens (tertiary/aromatic N) is 1. The molecule has 1 amide bonds. The average Bonchev–Trinajstić information content (AvgIpc) is 2.90. The third-order valence-corrected chi connectivity index (χ3v) is 9.44. The number of anilines is 3. The van der Waals surface area contributed by atoms with E-state index < -0.39 is 32.5 Å². The van der Waals surface area contributed by atoms with E-state index in [1.165, 1.54) is 36.4 Å². The molecular weight excluding hydrogens is 546 g/mol. The van der Waals surface area contributed by atoms with E-state index in [2.05, 4.69) is 10.0 Å². The average molecular weight is 578 g/mol. The van der Waals surface area contributed by atoms with Crippen LogP contribution in [0.2, 0.25) is 0 Å². The van der Waals surface area contributed by atoms with Crippen LogP contribution in [-0.2, 0) is 24.8 Å². The Balaban J connectivity index is 1.54. The second-order valence-corrected chi connectivity index (χ2v) is 13.2. The molecule has 0 aliphatic heterocycles. The molecule has 0 fully saturated rings. The molecular formula is C30H31N3O5S2. The van der Waals surface area contributed by atoms with Crippen molar-refractivity contribution in [2.75, 3.05) is 20.9 Å². The molecule has 0 heterocycles. The molecule has 4 aromatic rings. The maximum Gasteiger partial charge on any atom is 0.264 e. The number of aryl methyl sites for hydroxylation is 4. The lowest BCUT2D eigenvalue weighted by Gasteiger charge is -2.24. The van der Waals surface area contributed by atoms with Crippen molar-refractivity contribution in [1.82, 2.24) is 0 Å². The Hall–Kier alpha value is -4.15. The van der Waals surface area contributed by atoms with E-state index in [1.807, 2.05) is 45.9 Å². The Morgan fingerprint density at radius 1 is 0.700 bits per heavy atom. The Labute approximate surface area is 235 Å². The van der Waals surface area contributed by atoms with Crippen LogP contribution in [0.1, 0.15) is 22.3 Å². The van der Waals surface area contributed by atoms with Crippen molar-refractivity contribution in [2.24, 2.45) is 0 Å². The molecule has 0 saturated heterocycles. The first kappa shape index (κ1) is 28.8. The number of hydrogen-bond acceptors (Lipinski definition) is 5. The molecule has 40 heavy (non-hydrogen) atoms. The van der Waals surface area contributed by atoms with Gasteiger partial charge in [-0.2, -0.15) is 0 Å². The highest BCUT2D eigenvalue weighted by Crippen LogP contribution is 2.26. The second kappa shape index (κ2) is 11.5. The summed E-state index contributed by atoms with van der Waals surface area (Å²) in [6, 6.07) is 24.5. The van der Waals surface area contributed by atoms with Gasteiger partial charge in [-0.25, -0.2) is 16.8 Å². The quantitative estimate of drug-likeness (QED) is 0.271. The monoisotopic (exact) mass is 577 g/mol. The summed E-state index contributed by atoms with van der Waals surface area (Å²) < 4.78 is 56.6. The van der Waals surface area contributed by atoms with Crippen LogP contribution in [-0.4, -0.2) is 29.3 Å². The van der Waals surface area contributed by atoms with Gasteiger partial charge in [-0.05, 0) is 99.0 Å². The molecule has 10 heteroatoms. The number of sulfonamides is 2. The van der Waals surface area contributed by atoms with Crippen molar-refractivity contribution in [3.63, 3.8) is 0 Å².